The van der Waals surface area contributed by atoms with Crippen LogP contribution in [0.1, 0.15) is 34.8 Å². The highest BCUT2D eigenvalue weighted by Gasteiger charge is 2.34. The van der Waals surface area contributed by atoms with Gasteiger partial charge in [0.2, 0.25) is 0 Å². The van der Waals surface area contributed by atoms with Gasteiger partial charge in [0, 0.05) is 5.39 Å². The van der Waals surface area contributed by atoms with Crippen LogP contribution in [0.25, 0.3) is 10.2 Å². The third-order valence-electron chi connectivity index (χ3n) is 3.42. The Morgan fingerprint density at radius 2 is 1.88 bits per heavy atom. The molecule has 1 N–H and O–H groups in total. The van der Waals surface area contributed by atoms with E-state index in [1.54, 1.807) is 6.92 Å². The molecule has 0 aliphatic heterocycles. The molecule has 0 saturated heterocycles. The Morgan fingerprint density at radius 3 is 2.42 bits per heavy atom. The van der Waals surface area contributed by atoms with Crippen LogP contribution in [0.15, 0.2) is 12.1 Å². The standard InChI is InChI=1S/C15H15F3N2O3S/c1-7-8-5-6-9(15(16,17)18)19-12(8)24-10(7)11(21)20-14(2,3)13(22)23-4/h5-6H,1-4H3,(H,20,21). The highest BCUT2D eigenvalue weighted by molar-refractivity contribution is 7.20. The Hall–Kier alpha value is -2.16. The molecule has 0 atom stereocenters. The van der Waals surface area contributed by atoms with E-state index in [0.717, 1.165) is 17.4 Å². The van der Waals surface area contributed by atoms with Crippen LogP contribution in [0, 0.1) is 6.92 Å². The number of methoxy groups -OCH3 is 1. The molecule has 0 aromatic carbocycles. The Labute approximate surface area is 139 Å². The van der Waals surface area contributed by atoms with Crippen molar-refractivity contribution in [3.63, 3.8) is 0 Å². The van der Waals surface area contributed by atoms with Gasteiger partial charge in [-0.05, 0) is 38.5 Å². The van der Waals surface area contributed by atoms with Crippen LogP contribution >= 0.6 is 11.3 Å². The highest BCUT2D eigenvalue weighted by Crippen LogP contribution is 2.34. The van der Waals surface area contributed by atoms with Gasteiger partial charge in [0.25, 0.3) is 5.91 Å². The summed E-state index contributed by atoms with van der Waals surface area (Å²) in [6, 6.07) is 2.17. The van der Waals surface area contributed by atoms with E-state index in [1.807, 2.05) is 0 Å². The van der Waals surface area contributed by atoms with Crippen molar-refractivity contribution < 1.29 is 27.5 Å². The van der Waals surface area contributed by atoms with Crippen molar-refractivity contribution in [2.75, 3.05) is 7.11 Å². The van der Waals surface area contributed by atoms with Crippen molar-refractivity contribution in [2.24, 2.45) is 0 Å². The van der Waals surface area contributed by atoms with Gasteiger partial charge in [0.05, 0.1) is 12.0 Å². The van der Waals surface area contributed by atoms with Gasteiger partial charge in [0.15, 0.2) is 0 Å². The zero-order chi connectivity index (χ0) is 18.3. The van der Waals surface area contributed by atoms with Crippen molar-refractivity contribution in [3.05, 3.63) is 28.3 Å². The number of nitrogens with zero attached hydrogens (tertiary/aromatic N) is 1. The number of halogens is 3. The molecule has 130 valence electrons. The predicted molar refractivity (Wildman–Crippen MR) is 82.9 cm³/mol. The summed E-state index contributed by atoms with van der Waals surface area (Å²) in [7, 11) is 1.20. The zero-order valence-corrected chi connectivity index (χ0v) is 14.2. The molecule has 0 fully saturated rings. The first-order chi connectivity index (χ1) is 11.0. The number of carbonyl (C=O) groups is 2. The molecule has 0 bridgehead atoms. The molecule has 9 heteroatoms. The summed E-state index contributed by atoms with van der Waals surface area (Å²) < 4.78 is 42.8. The SMILES string of the molecule is COC(=O)C(C)(C)NC(=O)c1sc2nc(C(F)(F)F)ccc2c1C. The molecule has 2 aromatic heterocycles. The summed E-state index contributed by atoms with van der Waals surface area (Å²) in [4.78, 5) is 27.9. The first-order valence-electron chi connectivity index (χ1n) is 6.85. The normalized spacial score (nSPS) is 12.3. The summed E-state index contributed by atoms with van der Waals surface area (Å²) >= 11 is 0.847. The number of aryl methyl sites for hydroxylation is 1. The molecule has 24 heavy (non-hydrogen) atoms. The smallest absolute Gasteiger partial charge is 0.433 e. The largest absolute Gasteiger partial charge is 0.467 e. The van der Waals surface area contributed by atoms with Crippen LogP contribution in [-0.2, 0) is 15.7 Å². The number of amides is 1. The number of ether oxygens (including phenoxy) is 1. The Kier molecular flexibility index (Phi) is 4.58. The van der Waals surface area contributed by atoms with E-state index in [-0.39, 0.29) is 9.71 Å². The molecule has 0 aliphatic carbocycles. The van der Waals surface area contributed by atoms with Gasteiger partial charge in [-0.3, -0.25) is 4.79 Å². The third kappa shape index (κ3) is 3.35. The Balaban J connectivity index is 2.41. The molecule has 0 radical (unpaired) electrons. The number of hydrogen-bond donors (Lipinski definition) is 1. The van der Waals surface area contributed by atoms with Crippen LogP contribution in [-0.4, -0.2) is 29.5 Å². The van der Waals surface area contributed by atoms with Crippen LogP contribution in [0.2, 0.25) is 0 Å². The molecular formula is C15H15F3N2O3S. The van der Waals surface area contributed by atoms with Crippen LogP contribution < -0.4 is 5.32 Å². The Morgan fingerprint density at radius 1 is 1.25 bits per heavy atom. The summed E-state index contributed by atoms with van der Waals surface area (Å²) in [6.45, 7) is 4.56. The summed E-state index contributed by atoms with van der Waals surface area (Å²) in [5, 5.41) is 2.98. The lowest BCUT2D eigenvalue weighted by atomic mass is 10.1. The first-order valence-corrected chi connectivity index (χ1v) is 7.67. The fourth-order valence-corrected chi connectivity index (χ4v) is 3.20. The number of pyridine rings is 1. The average molecular weight is 360 g/mol. The van der Waals surface area contributed by atoms with Crippen molar-refractivity contribution in [3.8, 4) is 0 Å². The van der Waals surface area contributed by atoms with E-state index in [1.165, 1.54) is 27.0 Å². The number of carbonyl (C=O) groups excluding carboxylic acids is 2. The second-order valence-corrected chi connectivity index (χ2v) is 6.67. The predicted octanol–water partition coefficient (Wildman–Crippen LogP) is 3.30. The van der Waals surface area contributed by atoms with E-state index >= 15 is 0 Å². The number of aromatic nitrogens is 1. The molecule has 0 saturated carbocycles. The third-order valence-corrected chi connectivity index (χ3v) is 4.62. The highest BCUT2D eigenvalue weighted by atomic mass is 32.1. The second-order valence-electron chi connectivity index (χ2n) is 5.67. The summed E-state index contributed by atoms with van der Waals surface area (Å²) in [5.74, 6) is -1.20. The molecule has 1 amide bonds. The number of esters is 1. The lowest BCUT2D eigenvalue weighted by molar-refractivity contribution is -0.146. The minimum absolute atomic E-state index is 0.114. The molecule has 0 unspecified atom stereocenters. The van der Waals surface area contributed by atoms with Gasteiger partial charge in [-0.2, -0.15) is 13.2 Å². The van der Waals surface area contributed by atoms with Gasteiger partial charge in [-0.15, -0.1) is 11.3 Å². The van der Waals surface area contributed by atoms with Crippen LogP contribution in [0.5, 0.6) is 0 Å². The van der Waals surface area contributed by atoms with E-state index in [4.69, 9.17) is 0 Å². The van der Waals surface area contributed by atoms with Crippen LogP contribution in [0.3, 0.4) is 0 Å². The Bertz CT molecular complexity index is 812. The van der Waals surface area contributed by atoms with E-state index in [9.17, 15) is 22.8 Å². The zero-order valence-electron chi connectivity index (χ0n) is 13.4. The first kappa shape index (κ1) is 18.2. The summed E-state index contributed by atoms with van der Waals surface area (Å²) in [5.41, 5.74) is -1.77. The number of nitrogens with one attached hydrogen (secondary N) is 1. The number of fused-ring (bicyclic) bond motifs is 1. The lowest BCUT2D eigenvalue weighted by Crippen LogP contribution is -2.50. The van der Waals surface area contributed by atoms with Crippen molar-refractivity contribution in [1.82, 2.24) is 10.3 Å². The molecule has 5 nitrogen and oxygen atoms in total. The van der Waals surface area contributed by atoms with E-state index < -0.39 is 29.3 Å². The number of rotatable bonds is 3. The van der Waals surface area contributed by atoms with Crippen LogP contribution in [0.4, 0.5) is 13.2 Å². The molecule has 0 aliphatic rings. The lowest BCUT2D eigenvalue weighted by Gasteiger charge is -2.22. The molecular weight excluding hydrogens is 345 g/mol. The van der Waals surface area contributed by atoms with Gasteiger partial charge >= 0.3 is 12.1 Å². The molecule has 2 rings (SSSR count). The van der Waals surface area contributed by atoms with Gasteiger partial charge in [0.1, 0.15) is 16.1 Å². The second kappa shape index (κ2) is 6.04. The van der Waals surface area contributed by atoms with Crippen molar-refractivity contribution >= 4 is 33.4 Å². The van der Waals surface area contributed by atoms with Gasteiger partial charge in [-0.25, -0.2) is 9.78 Å². The molecule has 2 heterocycles. The maximum atomic E-state index is 12.7. The van der Waals surface area contributed by atoms with E-state index in [0.29, 0.717) is 10.9 Å². The molecule has 0 spiro atoms. The monoisotopic (exact) mass is 360 g/mol. The number of alkyl halides is 3. The number of hydrogen-bond acceptors (Lipinski definition) is 5. The maximum absolute atomic E-state index is 12.7. The van der Waals surface area contributed by atoms with Crippen molar-refractivity contribution in [2.45, 2.75) is 32.5 Å². The minimum atomic E-state index is -4.55. The van der Waals surface area contributed by atoms with Gasteiger partial charge in [-0.1, -0.05) is 0 Å². The fourth-order valence-electron chi connectivity index (χ4n) is 2.12. The van der Waals surface area contributed by atoms with Gasteiger partial charge < -0.3 is 10.1 Å². The quantitative estimate of drug-likeness (QED) is 0.853. The molecule has 2 aromatic rings. The maximum Gasteiger partial charge on any atom is 0.433 e. The fraction of sp³-hybridized carbons (Fsp3) is 0.400. The van der Waals surface area contributed by atoms with Crippen molar-refractivity contribution in [1.29, 1.82) is 0 Å². The topological polar surface area (TPSA) is 68.3 Å². The van der Waals surface area contributed by atoms with E-state index in [2.05, 4.69) is 15.0 Å². The average Bonchev–Trinajstić information content (AvgIpc) is 2.81. The summed E-state index contributed by atoms with van der Waals surface area (Å²) in [6.07, 6.45) is -4.55. The minimum Gasteiger partial charge on any atom is -0.467 e. The number of thiophene rings is 1.